The first-order valence-corrected chi connectivity index (χ1v) is 4.60. The molecule has 0 aromatic carbocycles. The Labute approximate surface area is 85.7 Å². The van der Waals surface area contributed by atoms with Gasteiger partial charge in [-0.2, -0.15) is 0 Å². The molecule has 1 aliphatic heterocycles. The highest BCUT2D eigenvalue weighted by molar-refractivity contribution is 5.94. The molecule has 2 rings (SSSR count). The second-order valence-electron chi connectivity index (χ2n) is 3.26. The van der Waals surface area contributed by atoms with Crippen LogP contribution in [0.3, 0.4) is 0 Å². The van der Waals surface area contributed by atoms with Gasteiger partial charge in [0.2, 0.25) is 11.7 Å². The smallest absolute Gasteiger partial charge is 0.358 e. The van der Waals surface area contributed by atoms with Gasteiger partial charge in [-0.05, 0) is 22.4 Å². The normalized spacial score (nSPS) is 15.7. The van der Waals surface area contributed by atoms with Gasteiger partial charge in [-0.25, -0.2) is 0 Å². The lowest BCUT2D eigenvalue weighted by Crippen LogP contribution is -2.24. The topological polar surface area (TPSA) is 76.3 Å². The molecule has 0 saturated carbocycles. The second kappa shape index (κ2) is 3.64. The quantitative estimate of drug-likeness (QED) is 0.537. The van der Waals surface area contributed by atoms with Gasteiger partial charge in [-0.15, -0.1) is 0 Å². The summed E-state index contributed by atoms with van der Waals surface area (Å²) < 4.78 is 0. The summed E-state index contributed by atoms with van der Waals surface area (Å²) in [6.45, 7) is 0.590. The standard InChI is InChI=1S/C9H9N3O3/c13-9-5-2-6-11(9)7-3-1-4-8(10-7)12(14)15/h1,3-4H,2,5-6H2. The monoisotopic (exact) mass is 207 g/mol. The minimum atomic E-state index is -0.565. The first-order chi connectivity index (χ1) is 7.18. The number of aromatic nitrogens is 1. The third-order valence-corrected chi connectivity index (χ3v) is 2.26. The molecule has 1 aliphatic rings. The fourth-order valence-corrected chi connectivity index (χ4v) is 1.55. The minimum absolute atomic E-state index is 0.0250. The summed E-state index contributed by atoms with van der Waals surface area (Å²) >= 11 is 0. The Kier molecular flexibility index (Phi) is 2.32. The van der Waals surface area contributed by atoms with Crippen LogP contribution in [0.2, 0.25) is 0 Å². The molecular formula is C9H9N3O3. The highest BCUT2D eigenvalue weighted by Gasteiger charge is 2.26. The lowest BCUT2D eigenvalue weighted by Gasteiger charge is -2.09. The van der Waals surface area contributed by atoms with E-state index >= 15 is 0 Å². The number of carbonyl (C=O) groups is 1. The molecule has 1 saturated heterocycles. The van der Waals surface area contributed by atoms with Crippen LogP contribution in [0.1, 0.15) is 12.8 Å². The Morgan fingerprint density at radius 2 is 2.27 bits per heavy atom. The largest absolute Gasteiger partial charge is 0.365 e. The van der Waals surface area contributed by atoms with Crippen molar-refractivity contribution in [2.45, 2.75) is 12.8 Å². The van der Waals surface area contributed by atoms with Crippen molar-refractivity contribution in [2.24, 2.45) is 0 Å². The fraction of sp³-hybridized carbons (Fsp3) is 0.333. The molecule has 1 fully saturated rings. The maximum absolute atomic E-state index is 11.4. The van der Waals surface area contributed by atoms with Crippen molar-refractivity contribution in [3.8, 4) is 0 Å². The lowest BCUT2D eigenvalue weighted by atomic mass is 10.4. The van der Waals surface area contributed by atoms with Crippen molar-refractivity contribution in [3.05, 3.63) is 28.3 Å². The van der Waals surface area contributed by atoms with E-state index in [1.54, 1.807) is 6.07 Å². The van der Waals surface area contributed by atoms with Crippen LogP contribution in [0.25, 0.3) is 0 Å². The predicted molar refractivity (Wildman–Crippen MR) is 52.5 cm³/mol. The summed E-state index contributed by atoms with van der Waals surface area (Å²) in [5.74, 6) is 0.113. The van der Waals surface area contributed by atoms with E-state index < -0.39 is 4.92 Å². The summed E-state index contributed by atoms with van der Waals surface area (Å²) in [6, 6.07) is 4.45. The first kappa shape index (κ1) is 9.57. The summed E-state index contributed by atoms with van der Waals surface area (Å²) in [6.07, 6.45) is 1.27. The number of hydrogen-bond acceptors (Lipinski definition) is 4. The molecule has 1 amide bonds. The molecule has 0 atom stereocenters. The van der Waals surface area contributed by atoms with Crippen LogP contribution in [-0.4, -0.2) is 22.4 Å². The Morgan fingerprint density at radius 3 is 2.87 bits per heavy atom. The number of carbonyl (C=O) groups excluding carboxylic acids is 1. The zero-order valence-electron chi connectivity index (χ0n) is 7.92. The van der Waals surface area contributed by atoms with Crippen molar-refractivity contribution in [2.75, 3.05) is 11.4 Å². The van der Waals surface area contributed by atoms with Crippen molar-refractivity contribution >= 4 is 17.5 Å². The van der Waals surface area contributed by atoms with Gasteiger partial charge < -0.3 is 10.1 Å². The Balaban J connectivity index is 2.32. The number of pyridine rings is 1. The van der Waals surface area contributed by atoms with E-state index in [4.69, 9.17) is 0 Å². The second-order valence-corrected chi connectivity index (χ2v) is 3.26. The third-order valence-electron chi connectivity index (χ3n) is 2.26. The van der Waals surface area contributed by atoms with Crippen molar-refractivity contribution in [3.63, 3.8) is 0 Å². The molecule has 2 heterocycles. The maximum atomic E-state index is 11.4. The Hall–Kier alpha value is -1.98. The SMILES string of the molecule is O=C1CCCN1c1cccc([N+](=O)[O-])n1. The van der Waals surface area contributed by atoms with E-state index in [0.29, 0.717) is 18.8 Å². The molecule has 6 heteroatoms. The van der Waals surface area contributed by atoms with Gasteiger partial charge in [0.25, 0.3) is 0 Å². The molecule has 0 aliphatic carbocycles. The van der Waals surface area contributed by atoms with Crippen LogP contribution >= 0.6 is 0 Å². The van der Waals surface area contributed by atoms with Crippen molar-refractivity contribution < 1.29 is 9.72 Å². The highest BCUT2D eigenvalue weighted by atomic mass is 16.6. The zero-order chi connectivity index (χ0) is 10.8. The Morgan fingerprint density at radius 1 is 1.47 bits per heavy atom. The van der Waals surface area contributed by atoms with E-state index in [0.717, 1.165) is 6.42 Å². The van der Waals surface area contributed by atoms with E-state index in [-0.39, 0.29) is 11.7 Å². The molecular weight excluding hydrogens is 198 g/mol. The molecule has 0 unspecified atom stereocenters. The number of hydrogen-bond donors (Lipinski definition) is 0. The molecule has 0 N–H and O–H groups in total. The van der Waals surface area contributed by atoms with Gasteiger partial charge in [0, 0.05) is 25.1 Å². The number of nitrogens with zero attached hydrogens (tertiary/aromatic N) is 3. The third kappa shape index (κ3) is 1.78. The summed E-state index contributed by atoms with van der Waals surface area (Å²) in [5.41, 5.74) is 0. The van der Waals surface area contributed by atoms with Crippen molar-refractivity contribution in [1.29, 1.82) is 0 Å². The van der Waals surface area contributed by atoms with E-state index in [2.05, 4.69) is 4.98 Å². The minimum Gasteiger partial charge on any atom is -0.358 e. The number of rotatable bonds is 2. The van der Waals surface area contributed by atoms with Crippen LogP contribution in [0.15, 0.2) is 18.2 Å². The predicted octanol–water partition coefficient (Wildman–Crippen LogP) is 1.12. The summed E-state index contributed by atoms with van der Waals surface area (Å²) in [5, 5.41) is 10.5. The number of amides is 1. The molecule has 1 aromatic heterocycles. The molecule has 78 valence electrons. The molecule has 0 spiro atoms. The molecule has 6 nitrogen and oxygen atoms in total. The van der Waals surface area contributed by atoms with Gasteiger partial charge in [-0.3, -0.25) is 9.69 Å². The molecule has 1 aromatic rings. The van der Waals surface area contributed by atoms with Crippen molar-refractivity contribution in [1.82, 2.24) is 4.98 Å². The van der Waals surface area contributed by atoms with E-state index in [1.807, 2.05) is 0 Å². The van der Waals surface area contributed by atoms with Gasteiger partial charge in [0.1, 0.15) is 0 Å². The summed E-state index contributed by atoms with van der Waals surface area (Å²) in [7, 11) is 0. The van der Waals surface area contributed by atoms with Gasteiger partial charge in [0.15, 0.2) is 0 Å². The highest BCUT2D eigenvalue weighted by Crippen LogP contribution is 2.20. The van der Waals surface area contributed by atoms with E-state index in [1.165, 1.54) is 17.0 Å². The van der Waals surface area contributed by atoms with Crippen LogP contribution in [0.4, 0.5) is 11.6 Å². The Bertz CT molecular complexity index is 419. The average Bonchev–Trinajstić information content (AvgIpc) is 2.64. The van der Waals surface area contributed by atoms with Gasteiger partial charge in [-0.1, -0.05) is 0 Å². The van der Waals surface area contributed by atoms with Crippen LogP contribution < -0.4 is 4.90 Å². The first-order valence-electron chi connectivity index (χ1n) is 4.60. The summed E-state index contributed by atoms with van der Waals surface area (Å²) in [4.78, 5) is 26.6. The lowest BCUT2D eigenvalue weighted by molar-refractivity contribution is -0.389. The number of nitro groups is 1. The number of anilines is 1. The van der Waals surface area contributed by atoms with Crippen LogP contribution in [-0.2, 0) is 4.79 Å². The fourth-order valence-electron chi connectivity index (χ4n) is 1.55. The van der Waals surface area contributed by atoms with Gasteiger partial charge >= 0.3 is 5.82 Å². The zero-order valence-corrected chi connectivity index (χ0v) is 7.92. The van der Waals surface area contributed by atoms with Crippen LogP contribution in [0.5, 0.6) is 0 Å². The maximum Gasteiger partial charge on any atom is 0.365 e. The average molecular weight is 207 g/mol. The molecule has 15 heavy (non-hydrogen) atoms. The molecule has 0 bridgehead atoms. The van der Waals surface area contributed by atoms with Crippen LogP contribution in [0, 0.1) is 10.1 Å². The van der Waals surface area contributed by atoms with Gasteiger partial charge in [0.05, 0.1) is 0 Å². The van der Waals surface area contributed by atoms with E-state index in [9.17, 15) is 14.9 Å². The molecule has 0 radical (unpaired) electrons.